The predicted octanol–water partition coefficient (Wildman–Crippen LogP) is 20.7. The molecule has 4 nitrogen and oxygen atoms in total. The third kappa shape index (κ3) is 8.99. The molecule has 0 spiro atoms. The fourth-order valence-electron chi connectivity index (χ4n) is 17.6. The van der Waals surface area contributed by atoms with Gasteiger partial charge in [0.1, 0.15) is 0 Å². The molecule has 458 valence electrons. The quantitative estimate of drug-likeness (QED) is 0.154. The highest BCUT2D eigenvalue weighted by molar-refractivity contribution is 7.00. The van der Waals surface area contributed by atoms with Crippen LogP contribution in [0, 0.1) is 0 Å². The highest BCUT2D eigenvalue weighted by Crippen LogP contribution is 2.64. The van der Waals surface area contributed by atoms with Gasteiger partial charge in [-0.15, -0.1) is 0 Å². The van der Waals surface area contributed by atoms with E-state index in [-0.39, 0.29) is 50.3 Å². The van der Waals surface area contributed by atoms with Crippen molar-refractivity contribution in [2.24, 2.45) is 0 Å². The second kappa shape index (κ2) is 19.9. The largest absolute Gasteiger partial charge is 0.334 e. The maximum atomic E-state index is 2.87. The van der Waals surface area contributed by atoms with Gasteiger partial charge in [-0.1, -0.05) is 232 Å². The number of hydrogen-bond acceptors (Lipinski definition) is 4. The summed E-state index contributed by atoms with van der Waals surface area (Å²) in [5, 5.41) is 1.55. The van der Waals surface area contributed by atoms with Crippen LogP contribution in [-0.2, 0) is 32.5 Å². The zero-order valence-corrected chi connectivity index (χ0v) is 58.5. The average Bonchev–Trinajstić information content (AvgIpc) is 1.69. The lowest BCUT2D eigenvalue weighted by atomic mass is 9.33. The van der Waals surface area contributed by atoms with Crippen LogP contribution in [0.3, 0.4) is 0 Å². The van der Waals surface area contributed by atoms with Crippen LogP contribution in [0.25, 0.3) is 11.1 Å². The lowest BCUT2D eigenvalue weighted by Gasteiger charge is -2.51. The molecule has 6 aliphatic rings. The van der Waals surface area contributed by atoms with Gasteiger partial charge in [0.25, 0.3) is 6.71 Å². The molecule has 0 bridgehead atoms. The van der Waals surface area contributed by atoms with Crippen LogP contribution in [0.15, 0.2) is 158 Å². The first kappa shape index (κ1) is 59.8. The summed E-state index contributed by atoms with van der Waals surface area (Å²) in [5.74, 6) is 0. The van der Waals surface area contributed by atoms with Crippen molar-refractivity contribution >= 4 is 93.2 Å². The molecule has 8 aromatic carbocycles. The van der Waals surface area contributed by atoms with Gasteiger partial charge in [0.15, 0.2) is 0 Å². The van der Waals surface area contributed by atoms with E-state index in [0.29, 0.717) is 0 Å². The number of anilines is 10. The number of rotatable bonds is 6. The Morgan fingerprint density at radius 2 is 0.809 bits per heavy atom. The van der Waals surface area contributed by atoms with E-state index in [9.17, 15) is 0 Å². The average molecular weight is 1190 g/mol. The zero-order valence-electron chi connectivity index (χ0n) is 57.5. The van der Waals surface area contributed by atoms with Crippen molar-refractivity contribution in [1.29, 1.82) is 0 Å². The Labute approximate surface area is 537 Å². The van der Waals surface area contributed by atoms with E-state index < -0.39 is 8.07 Å². The SMILES string of the molecule is CC(C)(C)c1ccc(N2c3ccc(N4c5ccc(C(C)(C)C)cc5C5(C)CCCCC45C)cc3B3c4cc(C(C)(C)C)ccc4N(c4ccc(C(C)(C)C)cc4-c4ccccc4)c4cc(N5c6ccc([Si](C)(C)C)cc6C6(C)CCCCC56C)cc2c43)cc1. The molecule has 0 saturated heterocycles. The fraction of sp³-hybridized carbons (Fsp3) is 0.422. The van der Waals surface area contributed by atoms with Gasteiger partial charge < -0.3 is 19.6 Å². The Morgan fingerprint density at radius 3 is 1.38 bits per heavy atom. The van der Waals surface area contributed by atoms with Gasteiger partial charge in [-0.3, -0.25) is 0 Å². The van der Waals surface area contributed by atoms with Gasteiger partial charge >= 0.3 is 0 Å². The molecule has 2 saturated carbocycles. The van der Waals surface area contributed by atoms with Crippen LogP contribution in [0.5, 0.6) is 0 Å². The summed E-state index contributed by atoms with van der Waals surface area (Å²) in [6.45, 7) is 46.4. The Kier molecular flexibility index (Phi) is 13.4. The Balaban J connectivity index is 1.11. The van der Waals surface area contributed by atoms with Gasteiger partial charge in [0.2, 0.25) is 0 Å². The second-order valence-corrected chi connectivity index (χ2v) is 39.3. The van der Waals surface area contributed by atoms with Crippen LogP contribution in [0.2, 0.25) is 19.6 Å². The number of benzene rings is 8. The normalized spacial score (nSPS) is 22.9. The van der Waals surface area contributed by atoms with Crippen LogP contribution in [-0.4, -0.2) is 25.9 Å². The third-order valence-corrected chi connectivity index (χ3v) is 25.6. The molecular formula is C83H99BN4Si. The minimum Gasteiger partial charge on any atom is -0.334 e. The summed E-state index contributed by atoms with van der Waals surface area (Å²) in [5.41, 5.74) is 27.4. The van der Waals surface area contributed by atoms with Crippen LogP contribution in [0.4, 0.5) is 56.9 Å². The molecule has 4 unspecified atom stereocenters. The maximum absolute atomic E-state index is 2.87. The molecule has 89 heavy (non-hydrogen) atoms. The Hall–Kier alpha value is -6.76. The van der Waals surface area contributed by atoms with E-state index in [1.165, 1.54) is 151 Å². The monoisotopic (exact) mass is 1190 g/mol. The van der Waals surface area contributed by atoms with E-state index in [1.54, 1.807) is 10.8 Å². The Bertz CT molecular complexity index is 4160. The maximum Gasteiger partial charge on any atom is 0.252 e. The number of fused-ring (bicyclic) bond motifs is 10. The third-order valence-electron chi connectivity index (χ3n) is 23.5. The summed E-state index contributed by atoms with van der Waals surface area (Å²) in [7, 11) is -1.66. The van der Waals surface area contributed by atoms with Crippen LogP contribution >= 0.6 is 0 Å². The molecule has 2 aliphatic carbocycles. The van der Waals surface area contributed by atoms with Crippen molar-refractivity contribution in [2.75, 3.05) is 19.6 Å². The first-order valence-corrected chi connectivity index (χ1v) is 37.5. The zero-order chi connectivity index (χ0) is 63.1. The highest BCUT2D eigenvalue weighted by atomic mass is 28.3. The van der Waals surface area contributed by atoms with E-state index in [1.807, 2.05) is 0 Å². The summed E-state index contributed by atoms with van der Waals surface area (Å²) in [4.78, 5) is 11.1. The summed E-state index contributed by atoms with van der Waals surface area (Å²) < 4.78 is 0. The van der Waals surface area contributed by atoms with Crippen molar-refractivity contribution in [3.63, 3.8) is 0 Å². The minimum atomic E-state index is -1.66. The van der Waals surface area contributed by atoms with Crippen molar-refractivity contribution < 1.29 is 0 Å². The lowest BCUT2D eigenvalue weighted by molar-refractivity contribution is 0.195. The molecule has 0 aromatic heterocycles. The minimum absolute atomic E-state index is 0.00460. The van der Waals surface area contributed by atoms with Gasteiger partial charge in [-0.25, -0.2) is 0 Å². The second-order valence-electron chi connectivity index (χ2n) is 34.2. The first-order valence-electron chi connectivity index (χ1n) is 34.0. The van der Waals surface area contributed by atoms with Crippen molar-refractivity contribution in [3.8, 4) is 11.1 Å². The number of nitrogens with zero attached hydrogens (tertiary/aromatic N) is 4. The molecule has 4 aliphatic heterocycles. The summed E-state index contributed by atoms with van der Waals surface area (Å²) in [6, 6.07) is 64.3. The molecule has 0 N–H and O–H groups in total. The van der Waals surface area contributed by atoms with Gasteiger partial charge in [-0.05, 0) is 189 Å². The van der Waals surface area contributed by atoms with Crippen molar-refractivity contribution in [1.82, 2.24) is 0 Å². The van der Waals surface area contributed by atoms with E-state index >= 15 is 0 Å². The summed E-state index contributed by atoms with van der Waals surface area (Å²) in [6.07, 6.45) is 9.59. The van der Waals surface area contributed by atoms with Crippen LogP contribution < -0.4 is 41.2 Å². The molecule has 4 atom stereocenters. The summed E-state index contributed by atoms with van der Waals surface area (Å²) >= 11 is 0. The number of hydrogen-bond donors (Lipinski definition) is 0. The molecule has 4 heterocycles. The van der Waals surface area contributed by atoms with Gasteiger partial charge in [-0.2, -0.15) is 0 Å². The van der Waals surface area contributed by atoms with Crippen molar-refractivity contribution in [2.45, 2.75) is 225 Å². The van der Waals surface area contributed by atoms with E-state index in [0.717, 1.165) is 12.8 Å². The molecule has 2 fully saturated rings. The van der Waals surface area contributed by atoms with Crippen molar-refractivity contribution in [3.05, 3.63) is 191 Å². The molecule has 8 aromatic rings. The topological polar surface area (TPSA) is 13.0 Å². The predicted molar refractivity (Wildman–Crippen MR) is 389 cm³/mol. The van der Waals surface area contributed by atoms with Gasteiger partial charge in [0.05, 0.1) is 24.8 Å². The van der Waals surface area contributed by atoms with E-state index in [2.05, 4.69) is 308 Å². The van der Waals surface area contributed by atoms with Gasteiger partial charge in [0, 0.05) is 67.6 Å². The lowest BCUT2D eigenvalue weighted by Crippen LogP contribution is -2.62. The molecule has 0 radical (unpaired) electrons. The molecule has 0 amide bonds. The van der Waals surface area contributed by atoms with E-state index in [4.69, 9.17) is 0 Å². The smallest absolute Gasteiger partial charge is 0.252 e. The fourth-order valence-corrected chi connectivity index (χ4v) is 18.8. The Morgan fingerprint density at radius 1 is 0.371 bits per heavy atom. The standard InChI is InChI=1S/C83H99BN4Si/c1-76(2,3)55-29-34-59(35-30-55)85-71-41-36-60(87-69-39-32-57(78(7,8)9)48-64(69)80(13)43-23-25-45-82(80,87)15)50-67(71)84-66-49-58(79(10,11)12)33-40-72(66)86(68-38-31-56(77(4,5)6)47-63(68)54-27-21-20-22-28-54)74-52-61(51-73(85)75(74)84)88-70-42-37-62(89(17,18)19)53-65(70)81(14)44-24-26-46-83(81,88)16/h20-22,27-42,47-53H,23-26,43-46H2,1-19H3. The molecule has 14 rings (SSSR count). The van der Waals surface area contributed by atoms with Crippen LogP contribution in [0.1, 0.15) is 196 Å². The molecular weight excluding hydrogens is 1090 g/mol. The first-order chi connectivity index (χ1) is 41.8. The highest BCUT2D eigenvalue weighted by Gasteiger charge is 2.60. The molecule has 6 heteroatoms.